The van der Waals surface area contributed by atoms with Crippen molar-refractivity contribution in [2.45, 2.75) is 13.8 Å². The molecule has 0 heterocycles. The van der Waals surface area contributed by atoms with Crippen LogP contribution in [0.1, 0.15) is 12.5 Å². The first kappa shape index (κ1) is 19.2. The Labute approximate surface area is 130 Å². The van der Waals surface area contributed by atoms with Crippen LogP contribution in [0.5, 0.6) is 5.75 Å². The van der Waals surface area contributed by atoms with Gasteiger partial charge in [-0.25, -0.2) is 4.79 Å². The molecule has 0 aliphatic rings. The first-order valence-corrected chi connectivity index (χ1v) is 6.29. The van der Waals surface area contributed by atoms with Gasteiger partial charge in [-0.2, -0.15) is 0 Å². The number of amides is 1. The van der Waals surface area contributed by atoms with E-state index in [0.717, 1.165) is 5.56 Å². The maximum Gasteiger partial charge on any atom is 0.343 e. The van der Waals surface area contributed by atoms with Crippen LogP contribution >= 0.6 is 12.4 Å². The van der Waals surface area contributed by atoms with E-state index in [4.69, 9.17) is 10.5 Å². The van der Waals surface area contributed by atoms with Gasteiger partial charge in [-0.3, -0.25) is 4.79 Å². The standard InChI is InChI=1S/C14H20N2O4.ClH/c1-9-6-11(20-8-13(17)19-3)4-5-12(9)16-14(18)10(2)7-15;/h4-6,10H,7-8,15H2,1-3H3,(H,16,18);1H. The number of aryl methyl sites for hydroxylation is 1. The van der Waals surface area contributed by atoms with Crippen LogP contribution in [0.25, 0.3) is 0 Å². The number of esters is 1. The maximum absolute atomic E-state index is 11.8. The normalized spacial score (nSPS) is 11.0. The highest BCUT2D eigenvalue weighted by atomic mass is 35.5. The van der Waals surface area contributed by atoms with Gasteiger partial charge in [0, 0.05) is 18.2 Å². The Morgan fingerprint density at radius 2 is 2.05 bits per heavy atom. The molecule has 0 saturated carbocycles. The number of hydrogen-bond donors (Lipinski definition) is 2. The summed E-state index contributed by atoms with van der Waals surface area (Å²) in [5, 5.41) is 2.80. The molecular weight excluding hydrogens is 296 g/mol. The molecule has 0 aliphatic carbocycles. The third-order valence-corrected chi connectivity index (χ3v) is 2.84. The molecule has 1 atom stereocenters. The Balaban J connectivity index is 0.00000400. The first-order chi connectivity index (χ1) is 9.47. The molecule has 0 aliphatic heterocycles. The zero-order valence-electron chi connectivity index (χ0n) is 12.3. The topological polar surface area (TPSA) is 90.6 Å². The fraction of sp³-hybridized carbons (Fsp3) is 0.429. The van der Waals surface area contributed by atoms with Gasteiger partial charge >= 0.3 is 5.97 Å². The number of anilines is 1. The number of nitrogens with two attached hydrogens (primary N) is 1. The summed E-state index contributed by atoms with van der Waals surface area (Å²) in [4.78, 5) is 22.7. The Kier molecular flexibility index (Phi) is 8.42. The van der Waals surface area contributed by atoms with Crippen molar-refractivity contribution in [3.63, 3.8) is 0 Å². The maximum atomic E-state index is 11.8. The molecule has 0 aromatic heterocycles. The van der Waals surface area contributed by atoms with Crippen LogP contribution < -0.4 is 15.8 Å². The zero-order valence-corrected chi connectivity index (χ0v) is 13.2. The van der Waals surface area contributed by atoms with Crippen LogP contribution in [-0.2, 0) is 14.3 Å². The van der Waals surface area contributed by atoms with Gasteiger partial charge in [-0.05, 0) is 30.7 Å². The van der Waals surface area contributed by atoms with Crippen LogP contribution in [0.4, 0.5) is 5.69 Å². The Bertz CT molecular complexity index is 494. The highest BCUT2D eigenvalue weighted by molar-refractivity contribution is 5.93. The van der Waals surface area contributed by atoms with E-state index in [0.29, 0.717) is 18.0 Å². The van der Waals surface area contributed by atoms with E-state index in [-0.39, 0.29) is 30.8 Å². The van der Waals surface area contributed by atoms with Crippen molar-refractivity contribution in [3.8, 4) is 5.75 Å². The molecule has 1 aromatic rings. The van der Waals surface area contributed by atoms with Crippen molar-refractivity contribution >= 4 is 30.0 Å². The smallest absolute Gasteiger partial charge is 0.343 e. The van der Waals surface area contributed by atoms with Crippen LogP contribution in [0.15, 0.2) is 18.2 Å². The van der Waals surface area contributed by atoms with Crippen LogP contribution in [-0.4, -0.2) is 32.1 Å². The molecule has 1 amide bonds. The van der Waals surface area contributed by atoms with E-state index >= 15 is 0 Å². The molecule has 0 spiro atoms. The van der Waals surface area contributed by atoms with E-state index in [1.54, 1.807) is 25.1 Å². The zero-order chi connectivity index (χ0) is 15.1. The molecule has 1 rings (SSSR count). The molecule has 0 fully saturated rings. The van der Waals surface area contributed by atoms with Crippen LogP contribution in [0.2, 0.25) is 0 Å². The number of halogens is 1. The molecule has 1 aromatic carbocycles. The third kappa shape index (κ3) is 6.01. The summed E-state index contributed by atoms with van der Waals surface area (Å²) in [7, 11) is 1.30. The number of ether oxygens (including phenoxy) is 2. The van der Waals surface area contributed by atoms with Crippen molar-refractivity contribution < 1.29 is 19.1 Å². The molecule has 1 unspecified atom stereocenters. The first-order valence-electron chi connectivity index (χ1n) is 6.29. The predicted octanol–water partition coefficient (Wildman–Crippen LogP) is 1.50. The van der Waals surface area contributed by atoms with E-state index < -0.39 is 5.97 Å². The summed E-state index contributed by atoms with van der Waals surface area (Å²) in [6, 6.07) is 5.15. The number of carbonyl (C=O) groups is 2. The number of benzene rings is 1. The second kappa shape index (κ2) is 9.20. The second-order valence-corrected chi connectivity index (χ2v) is 4.47. The van der Waals surface area contributed by atoms with E-state index in [1.165, 1.54) is 7.11 Å². The minimum atomic E-state index is -0.447. The summed E-state index contributed by atoms with van der Waals surface area (Å²) < 4.78 is 9.75. The van der Waals surface area contributed by atoms with Gasteiger partial charge < -0.3 is 20.5 Å². The average molecular weight is 317 g/mol. The number of carbonyl (C=O) groups excluding carboxylic acids is 2. The molecule has 7 heteroatoms. The van der Waals surface area contributed by atoms with Gasteiger partial charge in [0.25, 0.3) is 0 Å². The Morgan fingerprint density at radius 1 is 1.38 bits per heavy atom. The molecule has 21 heavy (non-hydrogen) atoms. The lowest BCUT2D eigenvalue weighted by Gasteiger charge is -2.13. The summed E-state index contributed by atoms with van der Waals surface area (Å²) in [6.45, 7) is 3.75. The van der Waals surface area contributed by atoms with Crippen molar-refractivity contribution in [1.82, 2.24) is 0 Å². The SMILES string of the molecule is COC(=O)COc1ccc(NC(=O)C(C)CN)c(C)c1.Cl. The van der Waals surface area contributed by atoms with Crippen LogP contribution in [0.3, 0.4) is 0 Å². The summed E-state index contributed by atoms with van der Waals surface area (Å²) >= 11 is 0. The molecule has 0 radical (unpaired) electrons. The van der Waals surface area contributed by atoms with Crippen molar-refractivity contribution in [1.29, 1.82) is 0 Å². The van der Waals surface area contributed by atoms with Gasteiger partial charge in [-0.15, -0.1) is 12.4 Å². The molecular formula is C14H21ClN2O4. The average Bonchev–Trinajstić information content (AvgIpc) is 2.46. The number of methoxy groups -OCH3 is 1. The Hall–Kier alpha value is -1.79. The minimum Gasteiger partial charge on any atom is -0.482 e. The number of nitrogens with one attached hydrogen (secondary N) is 1. The second-order valence-electron chi connectivity index (χ2n) is 4.47. The van der Waals surface area contributed by atoms with Crippen molar-refractivity contribution in [2.24, 2.45) is 11.7 Å². The summed E-state index contributed by atoms with van der Waals surface area (Å²) in [6.07, 6.45) is 0. The minimum absolute atomic E-state index is 0. The van der Waals surface area contributed by atoms with Gasteiger partial charge in [0.15, 0.2) is 6.61 Å². The molecule has 118 valence electrons. The fourth-order valence-electron chi connectivity index (χ4n) is 1.43. The lowest BCUT2D eigenvalue weighted by molar-refractivity contribution is -0.142. The van der Waals surface area contributed by atoms with Crippen molar-refractivity contribution in [3.05, 3.63) is 23.8 Å². The monoisotopic (exact) mass is 316 g/mol. The van der Waals surface area contributed by atoms with E-state index in [2.05, 4.69) is 10.1 Å². The van der Waals surface area contributed by atoms with Crippen molar-refractivity contribution in [2.75, 3.05) is 25.6 Å². The molecule has 0 bridgehead atoms. The summed E-state index contributed by atoms with van der Waals surface area (Å²) in [5.41, 5.74) is 6.98. The molecule has 6 nitrogen and oxygen atoms in total. The van der Waals surface area contributed by atoms with E-state index in [9.17, 15) is 9.59 Å². The quantitative estimate of drug-likeness (QED) is 0.776. The largest absolute Gasteiger partial charge is 0.482 e. The third-order valence-electron chi connectivity index (χ3n) is 2.84. The van der Waals surface area contributed by atoms with Gasteiger partial charge in [0.2, 0.25) is 5.91 Å². The van der Waals surface area contributed by atoms with Gasteiger partial charge in [0.1, 0.15) is 5.75 Å². The highest BCUT2D eigenvalue weighted by Crippen LogP contribution is 2.21. The summed E-state index contributed by atoms with van der Waals surface area (Å²) in [5.74, 6) is -0.280. The number of hydrogen-bond acceptors (Lipinski definition) is 5. The fourth-order valence-corrected chi connectivity index (χ4v) is 1.43. The molecule has 0 saturated heterocycles. The Morgan fingerprint density at radius 3 is 2.57 bits per heavy atom. The lowest BCUT2D eigenvalue weighted by Crippen LogP contribution is -2.26. The van der Waals surface area contributed by atoms with E-state index in [1.807, 2.05) is 6.92 Å². The van der Waals surface area contributed by atoms with Crippen LogP contribution in [0, 0.1) is 12.8 Å². The number of rotatable bonds is 6. The molecule has 3 N–H and O–H groups in total. The lowest BCUT2D eigenvalue weighted by atomic mass is 10.1. The van der Waals surface area contributed by atoms with Gasteiger partial charge in [0.05, 0.1) is 7.11 Å². The van der Waals surface area contributed by atoms with Gasteiger partial charge in [-0.1, -0.05) is 6.92 Å². The highest BCUT2D eigenvalue weighted by Gasteiger charge is 2.12. The predicted molar refractivity (Wildman–Crippen MR) is 82.8 cm³/mol.